The first-order valence-corrected chi connectivity index (χ1v) is 18.8. The van der Waals surface area contributed by atoms with Gasteiger partial charge in [-0.2, -0.15) is 0 Å². The van der Waals surface area contributed by atoms with Crippen LogP contribution in [0.5, 0.6) is 0 Å². The highest BCUT2D eigenvalue weighted by Gasteiger charge is 2.19. The van der Waals surface area contributed by atoms with Crippen LogP contribution in [0.1, 0.15) is 0 Å². The number of rotatable bonds is 6. The van der Waals surface area contributed by atoms with Gasteiger partial charge in [0.2, 0.25) is 0 Å². The number of fused-ring (bicyclic) bond motifs is 4. The monoisotopic (exact) mass is 700 g/mol. The molecule has 10 aromatic rings. The van der Waals surface area contributed by atoms with Gasteiger partial charge in [0.15, 0.2) is 17.5 Å². The Bertz CT molecular complexity index is 2900. The molecule has 0 aliphatic heterocycles. The van der Waals surface area contributed by atoms with Crippen LogP contribution in [-0.2, 0) is 0 Å². The van der Waals surface area contributed by atoms with Gasteiger partial charge in [0.25, 0.3) is 0 Å². The topological polar surface area (TPSA) is 51.6 Å². The molecule has 0 saturated heterocycles. The summed E-state index contributed by atoms with van der Waals surface area (Å²) in [5.41, 5.74) is 9.53. The van der Waals surface area contributed by atoms with Crippen LogP contribution in [0.2, 0.25) is 0 Å². The average molecular weight is 701 g/mol. The second-order valence-electron chi connectivity index (χ2n) is 12.6. The summed E-state index contributed by atoms with van der Waals surface area (Å²) in [7, 11) is 0. The van der Waals surface area contributed by atoms with Gasteiger partial charge >= 0.3 is 0 Å². The lowest BCUT2D eigenvalue weighted by atomic mass is 9.99. The smallest absolute Gasteiger partial charge is 0.166 e. The molecule has 7 aromatic carbocycles. The fourth-order valence-electron chi connectivity index (χ4n) is 6.83. The molecule has 0 fully saturated rings. The highest BCUT2D eigenvalue weighted by atomic mass is 32.1. The minimum Gasteiger partial charge on any atom is -0.235 e. The first kappa shape index (κ1) is 30.5. The van der Waals surface area contributed by atoms with E-state index in [1.165, 1.54) is 36.9 Å². The molecule has 0 bridgehead atoms. The van der Waals surface area contributed by atoms with Crippen LogP contribution in [0.4, 0.5) is 0 Å². The number of para-hydroxylation sites is 1. The minimum absolute atomic E-state index is 0.608. The normalized spacial score (nSPS) is 11.5. The standard InChI is InChI=1S/C46H28N4S2/c1-3-12-29(13-4-1)30-24-26-31(27-25-30)33-16-9-17-34(28-33)46-47-41-37(20-11-23-40(41)52-46)44-48-43(32-14-5-2-6-15-32)49-45(50-44)38-21-10-19-36-35-18-7-8-22-39(35)51-42(36)38/h1-28H. The Hall–Kier alpha value is -6.34. The summed E-state index contributed by atoms with van der Waals surface area (Å²) < 4.78 is 3.50. The molecule has 244 valence electrons. The summed E-state index contributed by atoms with van der Waals surface area (Å²) in [5.74, 6) is 1.90. The van der Waals surface area contributed by atoms with E-state index >= 15 is 0 Å². The van der Waals surface area contributed by atoms with Gasteiger partial charge in [0.1, 0.15) is 5.01 Å². The van der Waals surface area contributed by atoms with Crippen LogP contribution in [0, 0.1) is 0 Å². The third kappa shape index (κ3) is 5.46. The van der Waals surface area contributed by atoms with Crippen molar-refractivity contribution in [1.29, 1.82) is 0 Å². The van der Waals surface area contributed by atoms with Gasteiger partial charge in [0.05, 0.1) is 10.2 Å². The number of hydrogen-bond donors (Lipinski definition) is 0. The maximum Gasteiger partial charge on any atom is 0.166 e. The molecule has 52 heavy (non-hydrogen) atoms. The lowest BCUT2D eigenvalue weighted by Crippen LogP contribution is -2.00. The lowest BCUT2D eigenvalue weighted by Gasteiger charge is -2.09. The van der Waals surface area contributed by atoms with Gasteiger partial charge in [-0.3, -0.25) is 0 Å². The van der Waals surface area contributed by atoms with Crippen molar-refractivity contribution in [3.05, 3.63) is 170 Å². The molecule has 3 heterocycles. The summed E-state index contributed by atoms with van der Waals surface area (Å²) in [5, 5.41) is 3.41. The molecular formula is C46H28N4S2. The molecule has 0 N–H and O–H groups in total. The van der Waals surface area contributed by atoms with Gasteiger partial charge in [-0.1, -0.05) is 140 Å². The zero-order chi connectivity index (χ0) is 34.4. The summed E-state index contributed by atoms with van der Waals surface area (Å²) in [6.45, 7) is 0. The largest absolute Gasteiger partial charge is 0.235 e. The summed E-state index contributed by atoms with van der Waals surface area (Å²) in [4.78, 5) is 20.6. The van der Waals surface area contributed by atoms with E-state index in [4.69, 9.17) is 19.9 Å². The van der Waals surface area contributed by atoms with Crippen molar-refractivity contribution in [3.63, 3.8) is 0 Å². The SMILES string of the molecule is c1ccc(-c2ccc(-c3cccc(-c4nc5c(-c6nc(-c7ccccc7)nc(-c7cccc8c7sc7ccccc78)n6)cccc5s4)c3)cc2)cc1. The van der Waals surface area contributed by atoms with Gasteiger partial charge in [-0.25, -0.2) is 19.9 Å². The van der Waals surface area contributed by atoms with Crippen molar-refractivity contribution in [2.24, 2.45) is 0 Å². The second-order valence-corrected chi connectivity index (χ2v) is 14.7. The van der Waals surface area contributed by atoms with Crippen molar-refractivity contribution in [2.45, 2.75) is 0 Å². The van der Waals surface area contributed by atoms with Crippen molar-refractivity contribution < 1.29 is 0 Å². The highest BCUT2D eigenvalue weighted by molar-refractivity contribution is 7.26. The van der Waals surface area contributed by atoms with Crippen molar-refractivity contribution in [1.82, 2.24) is 19.9 Å². The van der Waals surface area contributed by atoms with Crippen molar-refractivity contribution in [3.8, 4) is 67.0 Å². The third-order valence-electron chi connectivity index (χ3n) is 9.41. The molecule has 4 nitrogen and oxygen atoms in total. The number of thiophene rings is 1. The molecule has 0 aliphatic rings. The number of nitrogens with zero attached hydrogens (tertiary/aromatic N) is 4. The Labute approximate surface area is 308 Å². The first-order valence-electron chi connectivity index (χ1n) is 17.1. The minimum atomic E-state index is 0.608. The summed E-state index contributed by atoms with van der Waals surface area (Å²) in [6, 6.07) is 59.3. The molecule has 3 aromatic heterocycles. The van der Waals surface area contributed by atoms with Crippen molar-refractivity contribution in [2.75, 3.05) is 0 Å². The number of hydrogen-bond acceptors (Lipinski definition) is 6. The highest BCUT2D eigenvalue weighted by Crippen LogP contribution is 2.41. The van der Waals surface area contributed by atoms with Crippen LogP contribution < -0.4 is 0 Å². The lowest BCUT2D eigenvalue weighted by molar-refractivity contribution is 1.08. The van der Waals surface area contributed by atoms with E-state index in [9.17, 15) is 0 Å². The van der Waals surface area contributed by atoms with E-state index in [2.05, 4.69) is 133 Å². The average Bonchev–Trinajstić information content (AvgIpc) is 3.84. The molecule has 0 spiro atoms. The zero-order valence-corrected chi connectivity index (χ0v) is 29.4. The molecular weight excluding hydrogens is 673 g/mol. The molecule has 0 aliphatic carbocycles. The predicted molar refractivity (Wildman–Crippen MR) is 219 cm³/mol. The number of aromatic nitrogens is 4. The third-order valence-corrected chi connectivity index (χ3v) is 11.7. The van der Waals surface area contributed by atoms with Gasteiger partial charge in [-0.05, 0) is 52.6 Å². The second kappa shape index (κ2) is 12.8. The Morgan fingerprint density at radius 1 is 0.327 bits per heavy atom. The van der Waals surface area contributed by atoms with E-state index in [1.54, 1.807) is 22.7 Å². The molecule has 0 atom stereocenters. The van der Waals surface area contributed by atoms with Crippen LogP contribution >= 0.6 is 22.7 Å². The van der Waals surface area contributed by atoms with E-state index < -0.39 is 0 Å². The molecule has 10 rings (SSSR count). The van der Waals surface area contributed by atoms with E-state index in [0.717, 1.165) is 43.0 Å². The Morgan fingerprint density at radius 3 is 1.67 bits per heavy atom. The van der Waals surface area contributed by atoms with Crippen LogP contribution in [0.15, 0.2) is 170 Å². The molecule has 0 unspecified atom stereocenters. The molecule has 0 saturated carbocycles. The van der Waals surface area contributed by atoms with E-state index in [0.29, 0.717) is 17.5 Å². The summed E-state index contributed by atoms with van der Waals surface area (Å²) in [6.07, 6.45) is 0. The van der Waals surface area contributed by atoms with Gasteiger partial charge in [-0.15, -0.1) is 22.7 Å². The quantitative estimate of drug-likeness (QED) is 0.173. The molecule has 6 heteroatoms. The fraction of sp³-hybridized carbons (Fsp3) is 0. The Morgan fingerprint density at radius 2 is 0.865 bits per heavy atom. The zero-order valence-electron chi connectivity index (χ0n) is 27.8. The van der Waals surface area contributed by atoms with Gasteiger partial charge in [0, 0.05) is 42.4 Å². The van der Waals surface area contributed by atoms with Gasteiger partial charge < -0.3 is 0 Å². The van der Waals surface area contributed by atoms with Crippen molar-refractivity contribution >= 4 is 53.1 Å². The van der Waals surface area contributed by atoms with Crippen LogP contribution in [0.25, 0.3) is 97.4 Å². The van der Waals surface area contributed by atoms with Crippen LogP contribution in [0.3, 0.4) is 0 Å². The Balaban J connectivity index is 1.08. The molecule has 0 radical (unpaired) electrons. The maximum absolute atomic E-state index is 5.25. The summed E-state index contributed by atoms with van der Waals surface area (Å²) >= 11 is 3.47. The van der Waals surface area contributed by atoms with E-state index in [1.807, 2.05) is 36.4 Å². The number of benzene rings is 7. The maximum atomic E-state index is 5.25. The van der Waals surface area contributed by atoms with Crippen LogP contribution in [-0.4, -0.2) is 19.9 Å². The fourth-order valence-corrected chi connectivity index (χ4v) is 9.03. The predicted octanol–water partition coefficient (Wildman–Crippen LogP) is 12.9. The Kier molecular flexibility index (Phi) is 7.48. The molecule has 0 amide bonds. The number of thiazole rings is 1. The first-order chi connectivity index (χ1) is 25.7. The van der Waals surface area contributed by atoms with E-state index in [-0.39, 0.29) is 0 Å².